The molecule has 14 heteroatoms. The number of methoxy groups -OCH3 is 1. The van der Waals surface area contributed by atoms with E-state index in [-0.39, 0.29) is 29.0 Å². The highest BCUT2D eigenvalue weighted by Gasteiger charge is 2.32. The monoisotopic (exact) mass is 649 g/mol. The molecule has 0 aliphatic carbocycles. The van der Waals surface area contributed by atoms with Crippen molar-refractivity contribution in [2.24, 2.45) is 0 Å². The first-order chi connectivity index (χ1) is 22.4. The third-order valence-corrected chi connectivity index (χ3v) is 8.16. The Labute approximate surface area is 267 Å². The van der Waals surface area contributed by atoms with Crippen molar-refractivity contribution in [1.29, 1.82) is 0 Å². The number of nitrogens with zero attached hydrogens (tertiary/aromatic N) is 6. The van der Waals surface area contributed by atoms with Gasteiger partial charge in [-0.15, -0.1) is 0 Å². The first kappa shape index (κ1) is 31.9. The molecule has 1 amide bonds. The average Bonchev–Trinajstić information content (AvgIpc) is 3.44. The third kappa shape index (κ3) is 6.33. The topological polar surface area (TPSA) is 123 Å². The number of hydrogen-bond donors (Lipinski definition) is 2. The van der Waals surface area contributed by atoms with E-state index < -0.39 is 23.5 Å². The standard InChI is InChI=1S/C33H31F4N7O3/c1-19(45)43(26-10-6-22(16-25(26)34)33(35,36)37)27-9-5-21(15-28(27)47-2)30-29-31(38)39-18-40-32(29)44(41-30)23-7-3-20(4-8-23)17-42-13-11-24(46)12-14-42/h3-10,15-16,18,24,46H,11-14,17H2,1-2H3,(H2,38,39,40). The molecule has 1 aliphatic heterocycles. The fourth-order valence-electron chi connectivity index (χ4n) is 5.78. The number of piperidine rings is 1. The lowest BCUT2D eigenvalue weighted by Crippen LogP contribution is -2.35. The number of carbonyl (C=O) groups excluding carboxylic acids is 1. The number of benzene rings is 3. The number of ether oxygens (including phenoxy) is 1. The molecule has 244 valence electrons. The van der Waals surface area contributed by atoms with E-state index in [2.05, 4.69) is 14.9 Å². The number of fused-ring (bicyclic) bond motifs is 1. The van der Waals surface area contributed by atoms with Gasteiger partial charge in [0.05, 0.1) is 41.2 Å². The fraction of sp³-hybridized carbons (Fsp3) is 0.273. The first-order valence-electron chi connectivity index (χ1n) is 14.8. The van der Waals surface area contributed by atoms with Crippen LogP contribution in [0.4, 0.5) is 34.8 Å². The number of aliphatic hydroxyl groups excluding tert-OH is 1. The van der Waals surface area contributed by atoms with Gasteiger partial charge in [-0.25, -0.2) is 19.0 Å². The molecule has 1 aliphatic rings. The summed E-state index contributed by atoms with van der Waals surface area (Å²) in [5, 5.41) is 15.1. The van der Waals surface area contributed by atoms with E-state index in [9.17, 15) is 23.1 Å². The number of rotatable bonds is 7. The van der Waals surface area contributed by atoms with Crippen LogP contribution in [0.5, 0.6) is 5.75 Å². The Balaban J connectivity index is 1.37. The highest BCUT2D eigenvalue weighted by molar-refractivity contribution is 6.02. The van der Waals surface area contributed by atoms with Gasteiger partial charge >= 0.3 is 6.18 Å². The van der Waals surface area contributed by atoms with Crippen molar-refractivity contribution in [1.82, 2.24) is 24.6 Å². The van der Waals surface area contributed by atoms with Crippen LogP contribution in [0.25, 0.3) is 28.0 Å². The number of aliphatic hydroxyl groups is 1. The number of likely N-dealkylation sites (tertiary alicyclic amines) is 1. The molecule has 3 heterocycles. The predicted octanol–water partition coefficient (Wildman–Crippen LogP) is 5.87. The number of hydrogen-bond acceptors (Lipinski definition) is 8. The summed E-state index contributed by atoms with van der Waals surface area (Å²) >= 11 is 0. The second-order valence-corrected chi connectivity index (χ2v) is 11.3. The molecule has 6 rings (SSSR count). The summed E-state index contributed by atoms with van der Waals surface area (Å²) in [6, 6.07) is 14.5. The zero-order chi connectivity index (χ0) is 33.5. The summed E-state index contributed by atoms with van der Waals surface area (Å²) in [5.74, 6) is -1.56. The molecule has 0 radical (unpaired) electrons. The first-order valence-corrected chi connectivity index (χ1v) is 14.8. The van der Waals surface area contributed by atoms with Crippen molar-refractivity contribution in [2.75, 3.05) is 30.8 Å². The lowest BCUT2D eigenvalue weighted by Gasteiger charge is -2.29. The molecule has 1 fully saturated rings. The van der Waals surface area contributed by atoms with Crippen molar-refractivity contribution < 1.29 is 32.2 Å². The number of alkyl halides is 3. The molecule has 3 N–H and O–H groups in total. The van der Waals surface area contributed by atoms with Gasteiger partial charge in [0.1, 0.15) is 29.4 Å². The van der Waals surface area contributed by atoms with Gasteiger partial charge in [0.25, 0.3) is 0 Å². The van der Waals surface area contributed by atoms with Gasteiger partial charge in [0.2, 0.25) is 5.91 Å². The number of nitrogen functional groups attached to an aromatic ring is 1. The van der Waals surface area contributed by atoms with Crippen LogP contribution in [0.3, 0.4) is 0 Å². The van der Waals surface area contributed by atoms with Gasteiger partial charge in [0, 0.05) is 32.1 Å². The number of halogens is 4. The molecule has 0 unspecified atom stereocenters. The zero-order valence-corrected chi connectivity index (χ0v) is 25.5. The van der Waals surface area contributed by atoms with E-state index in [1.165, 1.54) is 26.4 Å². The summed E-state index contributed by atoms with van der Waals surface area (Å²) in [7, 11) is 1.35. The Morgan fingerprint density at radius 2 is 1.74 bits per heavy atom. The summed E-state index contributed by atoms with van der Waals surface area (Å²) < 4.78 is 61.7. The van der Waals surface area contributed by atoms with Crippen LogP contribution in [0.15, 0.2) is 67.0 Å². The average molecular weight is 650 g/mol. The van der Waals surface area contributed by atoms with Crippen molar-refractivity contribution in [3.8, 4) is 22.7 Å². The quantitative estimate of drug-likeness (QED) is 0.210. The highest BCUT2D eigenvalue weighted by Crippen LogP contribution is 2.41. The normalized spacial score (nSPS) is 14.4. The number of anilines is 3. The minimum Gasteiger partial charge on any atom is -0.495 e. The van der Waals surface area contributed by atoms with E-state index >= 15 is 4.39 Å². The van der Waals surface area contributed by atoms with E-state index in [0.29, 0.717) is 34.4 Å². The van der Waals surface area contributed by atoms with Crippen LogP contribution < -0.4 is 15.4 Å². The Morgan fingerprint density at radius 3 is 2.38 bits per heavy atom. The van der Waals surface area contributed by atoms with Crippen LogP contribution in [0.2, 0.25) is 0 Å². The van der Waals surface area contributed by atoms with Crippen LogP contribution in [0, 0.1) is 5.82 Å². The van der Waals surface area contributed by atoms with E-state index in [0.717, 1.165) is 54.7 Å². The maximum absolute atomic E-state index is 15.0. The van der Waals surface area contributed by atoms with Crippen LogP contribution in [-0.2, 0) is 17.5 Å². The molecule has 2 aromatic heterocycles. The highest BCUT2D eigenvalue weighted by atomic mass is 19.4. The van der Waals surface area contributed by atoms with E-state index in [1.54, 1.807) is 16.8 Å². The Bertz CT molecular complexity index is 1940. The van der Waals surface area contributed by atoms with Gasteiger partial charge in [-0.3, -0.25) is 14.6 Å². The molecule has 0 spiro atoms. The minimum absolute atomic E-state index is 0.106. The second-order valence-electron chi connectivity index (χ2n) is 11.3. The summed E-state index contributed by atoms with van der Waals surface area (Å²) in [6.07, 6.45) is -2.14. The Kier molecular flexibility index (Phi) is 8.55. The molecule has 0 saturated carbocycles. The number of carbonyl (C=O) groups is 1. The molecule has 10 nitrogen and oxygen atoms in total. The molecule has 0 atom stereocenters. The third-order valence-electron chi connectivity index (χ3n) is 8.16. The molecule has 3 aromatic carbocycles. The van der Waals surface area contributed by atoms with Crippen LogP contribution in [-0.4, -0.2) is 62.0 Å². The van der Waals surface area contributed by atoms with Crippen LogP contribution >= 0.6 is 0 Å². The summed E-state index contributed by atoms with van der Waals surface area (Å²) in [4.78, 5) is 24.6. The van der Waals surface area contributed by atoms with E-state index in [4.69, 9.17) is 15.6 Å². The van der Waals surface area contributed by atoms with Crippen LogP contribution in [0.1, 0.15) is 30.9 Å². The Morgan fingerprint density at radius 1 is 1.04 bits per heavy atom. The fourth-order valence-corrected chi connectivity index (χ4v) is 5.78. The van der Waals surface area contributed by atoms with Gasteiger partial charge in [-0.1, -0.05) is 18.2 Å². The minimum atomic E-state index is -4.75. The van der Waals surface area contributed by atoms with Gasteiger partial charge in [0.15, 0.2) is 5.65 Å². The molecule has 1 saturated heterocycles. The second kappa shape index (κ2) is 12.6. The van der Waals surface area contributed by atoms with E-state index in [1.807, 2.05) is 24.3 Å². The van der Waals surface area contributed by atoms with Gasteiger partial charge in [-0.2, -0.15) is 18.3 Å². The number of nitrogens with two attached hydrogens (primary N) is 1. The lowest BCUT2D eigenvalue weighted by atomic mass is 10.1. The summed E-state index contributed by atoms with van der Waals surface area (Å²) in [6.45, 7) is 3.59. The van der Waals surface area contributed by atoms with Crippen molar-refractivity contribution >= 4 is 34.1 Å². The molecule has 0 bridgehead atoms. The van der Waals surface area contributed by atoms with Crippen molar-refractivity contribution in [3.63, 3.8) is 0 Å². The molecule has 5 aromatic rings. The van der Waals surface area contributed by atoms with Gasteiger partial charge in [-0.05, 0) is 60.9 Å². The Hall–Kier alpha value is -5.08. The summed E-state index contributed by atoms with van der Waals surface area (Å²) in [5.41, 5.74) is 8.07. The van der Waals surface area contributed by atoms with Crippen molar-refractivity contribution in [3.05, 3.63) is 83.9 Å². The number of aromatic nitrogens is 4. The predicted molar refractivity (Wildman–Crippen MR) is 168 cm³/mol. The van der Waals surface area contributed by atoms with Crippen molar-refractivity contribution in [2.45, 2.75) is 38.6 Å². The molecule has 47 heavy (non-hydrogen) atoms. The maximum Gasteiger partial charge on any atom is 0.416 e. The largest absolute Gasteiger partial charge is 0.495 e. The smallest absolute Gasteiger partial charge is 0.416 e. The molecular weight excluding hydrogens is 618 g/mol. The number of amides is 1. The molecular formula is C33H31F4N7O3. The zero-order valence-electron chi connectivity index (χ0n) is 25.5. The SMILES string of the molecule is COc1cc(-c2nn(-c3ccc(CN4CCC(O)CC4)cc3)c3ncnc(N)c23)ccc1N(C(C)=O)c1ccc(C(F)(F)F)cc1F. The van der Waals surface area contributed by atoms with Gasteiger partial charge < -0.3 is 15.6 Å². The maximum atomic E-state index is 15.0. The lowest BCUT2D eigenvalue weighted by molar-refractivity contribution is -0.137.